The van der Waals surface area contributed by atoms with Crippen molar-refractivity contribution in [2.24, 2.45) is 0 Å². The Balaban J connectivity index is 1.82. The summed E-state index contributed by atoms with van der Waals surface area (Å²) in [6, 6.07) is 38.2. The Morgan fingerprint density at radius 2 is 0.933 bits per heavy atom. The molecule has 2 unspecified atom stereocenters. The summed E-state index contributed by atoms with van der Waals surface area (Å²) >= 11 is 6.94. The largest absolute Gasteiger partial charge is 0.312 e. The zero-order valence-electron chi connectivity index (χ0n) is 16.3. The van der Waals surface area contributed by atoms with Gasteiger partial charge in [0.15, 0.2) is 0 Å². The molecular formula is C26H22ClO2P. The Kier molecular flexibility index (Phi) is 6.50. The first-order valence-electron chi connectivity index (χ1n) is 9.82. The molecule has 2 atom stereocenters. The number of hydrogen-bond donors (Lipinski definition) is 0. The van der Waals surface area contributed by atoms with Crippen molar-refractivity contribution in [3.8, 4) is 0 Å². The Labute approximate surface area is 182 Å². The minimum atomic E-state index is -3.40. The first kappa shape index (κ1) is 20.6. The van der Waals surface area contributed by atoms with E-state index in [4.69, 9.17) is 16.1 Å². The predicted molar refractivity (Wildman–Crippen MR) is 125 cm³/mol. The van der Waals surface area contributed by atoms with Crippen molar-refractivity contribution in [1.29, 1.82) is 0 Å². The van der Waals surface area contributed by atoms with Gasteiger partial charge in [-0.15, -0.1) is 11.6 Å². The van der Waals surface area contributed by atoms with Gasteiger partial charge in [-0.3, -0.25) is 4.57 Å². The molecule has 0 aliphatic carbocycles. The molecular weight excluding hydrogens is 411 g/mol. The second kappa shape index (κ2) is 9.45. The van der Waals surface area contributed by atoms with E-state index in [9.17, 15) is 4.57 Å². The van der Waals surface area contributed by atoms with Crippen LogP contribution in [0.15, 0.2) is 121 Å². The summed E-state index contributed by atoms with van der Waals surface area (Å²) in [7, 11) is -3.40. The van der Waals surface area contributed by atoms with Crippen molar-refractivity contribution in [3.05, 3.63) is 132 Å². The highest BCUT2D eigenvalue weighted by Gasteiger charge is 2.36. The molecule has 0 heterocycles. The zero-order valence-corrected chi connectivity index (χ0v) is 18.0. The van der Waals surface area contributed by atoms with Gasteiger partial charge in [-0.1, -0.05) is 97.1 Å². The monoisotopic (exact) mass is 432 g/mol. The molecule has 4 aromatic carbocycles. The maximum Gasteiger partial charge on any atom is 0.261 e. The topological polar surface area (TPSA) is 26.3 Å². The van der Waals surface area contributed by atoms with Crippen LogP contribution in [0.4, 0.5) is 0 Å². The molecule has 150 valence electrons. The van der Waals surface area contributed by atoms with Crippen LogP contribution in [-0.4, -0.2) is 0 Å². The van der Waals surface area contributed by atoms with Gasteiger partial charge in [0.25, 0.3) is 7.37 Å². The number of alkyl halides is 1. The van der Waals surface area contributed by atoms with Crippen LogP contribution < -0.4 is 10.6 Å². The van der Waals surface area contributed by atoms with Crippen LogP contribution in [0.25, 0.3) is 0 Å². The third-order valence-electron chi connectivity index (χ3n) is 4.97. The third kappa shape index (κ3) is 4.42. The van der Waals surface area contributed by atoms with Crippen LogP contribution in [0.3, 0.4) is 0 Å². The van der Waals surface area contributed by atoms with Gasteiger partial charge in [-0.25, -0.2) is 0 Å². The molecule has 2 nitrogen and oxygen atoms in total. The van der Waals surface area contributed by atoms with Gasteiger partial charge in [-0.05, 0) is 35.4 Å². The highest BCUT2D eigenvalue weighted by molar-refractivity contribution is 7.74. The highest BCUT2D eigenvalue weighted by Crippen LogP contribution is 2.53. The molecule has 4 aromatic rings. The Bertz CT molecular complexity index is 1060. The highest BCUT2D eigenvalue weighted by atomic mass is 35.5. The maximum absolute atomic E-state index is 14.5. The normalized spacial score (nSPS) is 13.5. The van der Waals surface area contributed by atoms with E-state index in [0.717, 1.165) is 11.1 Å². The van der Waals surface area contributed by atoms with Crippen molar-refractivity contribution < 1.29 is 9.09 Å². The third-order valence-corrected chi connectivity index (χ3v) is 7.93. The SMILES string of the molecule is O=P(OC(c1ccccc1)C(Cl)c1ccccc1)(c1ccccc1)c1ccccc1. The Hall–Kier alpha value is -2.64. The second-order valence-corrected chi connectivity index (χ2v) is 9.79. The maximum atomic E-state index is 14.5. The lowest BCUT2D eigenvalue weighted by Crippen LogP contribution is -2.21. The van der Waals surface area contributed by atoms with Crippen molar-refractivity contribution in [3.63, 3.8) is 0 Å². The number of halogens is 1. The minimum absolute atomic E-state index is 0.505. The zero-order chi connectivity index (χ0) is 20.8. The lowest BCUT2D eigenvalue weighted by molar-refractivity contribution is 0.211. The molecule has 0 bridgehead atoms. The second-order valence-electron chi connectivity index (χ2n) is 6.97. The van der Waals surface area contributed by atoms with E-state index < -0.39 is 18.8 Å². The number of rotatable bonds is 7. The van der Waals surface area contributed by atoms with E-state index in [1.165, 1.54) is 0 Å². The van der Waals surface area contributed by atoms with Crippen LogP contribution in [0.2, 0.25) is 0 Å². The molecule has 0 radical (unpaired) electrons. The number of benzene rings is 4. The van der Waals surface area contributed by atoms with E-state index in [0.29, 0.717) is 10.6 Å². The summed E-state index contributed by atoms with van der Waals surface area (Å²) < 4.78 is 21.0. The molecule has 30 heavy (non-hydrogen) atoms. The van der Waals surface area contributed by atoms with Crippen LogP contribution >= 0.6 is 19.0 Å². The van der Waals surface area contributed by atoms with Gasteiger partial charge < -0.3 is 4.52 Å². The fraction of sp³-hybridized carbons (Fsp3) is 0.0769. The molecule has 4 rings (SSSR count). The van der Waals surface area contributed by atoms with Crippen molar-refractivity contribution in [2.75, 3.05) is 0 Å². The van der Waals surface area contributed by atoms with Crippen molar-refractivity contribution in [2.45, 2.75) is 11.5 Å². The van der Waals surface area contributed by atoms with Gasteiger partial charge in [0.2, 0.25) is 0 Å². The smallest absolute Gasteiger partial charge is 0.261 e. The van der Waals surface area contributed by atoms with Crippen LogP contribution in [0, 0.1) is 0 Å². The summed E-state index contributed by atoms with van der Waals surface area (Å²) in [5, 5.41) is 0.789. The summed E-state index contributed by atoms with van der Waals surface area (Å²) in [5.74, 6) is 0. The summed E-state index contributed by atoms with van der Waals surface area (Å²) in [5.41, 5.74) is 1.80. The summed E-state index contributed by atoms with van der Waals surface area (Å²) in [4.78, 5) is 0. The van der Waals surface area contributed by atoms with Crippen LogP contribution in [-0.2, 0) is 9.09 Å². The average Bonchev–Trinajstić information content (AvgIpc) is 2.84. The average molecular weight is 433 g/mol. The molecule has 0 aliphatic heterocycles. The quantitative estimate of drug-likeness (QED) is 0.241. The molecule has 4 heteroatoms. The fourth-order valence-electron chi connectivity index (χ4n) is 3.42. The predicted octanol–water partition coefficient (Wildman–Crippen LogP) is 6.65. The van der Waals surface area contributed by atoms with Crippen molar-refractivity contribution >= 4 is 29.6 Å². The molecule has 0 N–H and O–H groups in total. The standard InChI is InChI=1S/C26H22ClO2P/c27-25(21-13-5-1-6-14-21)26(22-15-7-2-8-16-22)29-30(28,23-17-9-3-10-18-23)24-19-11-4-12-20-24/h1-20,25-26H. The van der Waals surface area contributed by atoms with Crippen LogP contribution in [0.5, 0.6) is 0 Å². The first-order chi connectivity index (χ1) is 14.7. The lowest BCUT2D eigenvalue weighted by atomic mass is 10.0. The van der Waals surface area contributed by atoms with E-state index in [2.05, 4.69) is 0 Å². The molecule has 0 saturated heterocycles. The van der Waals surface area contributed by atoms with E-state index in [1.54, 1.807) is 0 Å². The van der Waals surface area contributed by atoms with Gasteiger partial charge in [0.1, 0.15) is 6.10 Å². The lowest BCUT2D eigenvalue weighted by Gasteiger charge is -2.29. The van der Waals surface area contributed by atoms with Gasteiger partial charge in [-0.2, -0.15) is 0 Å². The molecule has 0 aromatic heterocycles. The molecule has 0 amide bonds. The van der Waals surface area contributed by atoms with Gasteiger partial charge in [0.05, 0.1) is 5.38 Å². The molecule has 0 aliphatic rings. The van der Waals surface area contributed by atoms with Gasteiger partial charge >= 0.3 is 0 Å². The minimum Gasteiger partial charge on any atom is -0.312 e. The fourth-order valence-corrected chi connectivity index (χ4v) is 6.07. The van der Waals surface area contributed by atoms with Gasteiger partial charge in [0, 0.05) is 10.6 Å². The Morgan fingerprint density at radius 3 is 1.37 bits per heavy atom. The molecule has 0 fully saturated rings. The molecule has 0 spiro atoms. The van der Waals surface area contributed by atoms with Crippen LogP contribution in [0.1, 0.15) is 22.6 Å². The summed E-state index contributed by atoms with van der Waals surface area (Å²) in [6.45, 7) is 0. The molecule has 0 saturated carbocycles. The van der Waals surface area contributed by atoms with E-state index in [1.807, 2.05) is 121 Å². The number of hydrogen-bond acceptors (Lipinski definition) is 2. The van der Waals surface area contributed by atoms with E-state index >= 15 is 0 Å². The first-order valence-corrected chi connectivity index (χ1v) is 11.9. The Morgan fingerprint density at radius 1 is 0.567 bits per heavy atom. The van der Waals surface area contributed by atoms with Crippen molar-refractivity contribution in [1.82, 2.24) is 0 Å². The van der Waals surface area contributed by atoms with E-state index in [-0.39, 0.29) is 0 Å². The summed E-state index contributed by atoms with van der Waals surface area (Å²) in [6.07, 6.45) is -0.596.